The molecule has 0 aliphatic heterocycles. The molecule has 0 saturated heterocycles. The maximum absolute atomic E-state index is 12.2. The van der Waals surface area contributed by atoms with E-state index in [1.54, 1.807) is 19.2 Å². The molecule has 0 fully saturated rings. The zero-order valence-corrected chi connectivity index (χ0v) is 14.3. The lowest BCUT2D eigenvalue weighted by molar-refractivity contribution is -0.115. The molecule has 0 spiro atoms. The van der Waals surface area contributed by atoms with Crippen LogP contribution < -0.4 is 14.8 Å². The van der Waals surface area contributed by atoms with Gasteiger partial charge in [-0.05, 0) is 30.3 Å². The standard InChI is InChI=1S/C18H14ClF2NO4/c1-24-12-3-4-13-10(9-25-16(13)8-12)6-17(23)22-11-2-5-15(14(19)7-11)26-18(20)21/h2-5,7-9,18H,6H2,1H3,(H,22,23). The number of furan rings is 1. The van der Waals surface area contributed by atoms with Crippen LogP contribution in [0.4, 0.5) is 14.5 Å². The van der Waals surface area contributed by atoms with Gasteiger partial charge in [-0.1, -0.05) is 11.6 Å². The number of halogens is 3. The number of amides is 1. The average molecular weight is 382 g/mol. The summed E-state index contributed by atoms with van der Waals surface area (Å²) in [5, 5.41) is 3.44. The zero-order chi connectivity index (χ0) is 18.7. The van der Waals surface area contributed by atoms with Crippen LogP contribution in [0.25, 0.3) is 11.0 Å². The Balaban J connectivity index is 1.70. The number of hydrogen-bond acceptors (Lipinski definition) is 4. The highest BCUT2D eigenvalue weighted by atomic mass is 35.5. The molecule has 5 nitrogen and oxygen atoms in total. The van der Waals surface area contributed by atoms with Crippen molar-refractivity contribution in [1.29, 1.82) is 0 Å². The van der Waals surface area contributed by atoms with E-state index in [2.05, 4.69) is 10.1 Å². The van der Waals surface area contributed by atoms with E-state index < -0.39 is 6.61 Å². The van der Waals surface area contributed by atoms with E-state index in [0.717, 1.165) is 5.39 Å². The molecule has 0 aliphatic rings. The van der Waals surface area contributed by atoms with Crippen molar-refractivity contribution in [2.24, 2.45) is 0 Å². The highest BCUT2D eigenvalue weighted by Gasteiger charge is 2.13. The minimum atomic E-state index is -2.97. The van der Waals surface area contributed by atoms with Gasteiger partial charge in [0.2, 0.25) is 5.91 Å². The molecule has 3 aromatic rings. The van der Waals surface area contributed by atoms with Crippen molar-refractivity contribution in [3.63, 3.8) is 0 Å². The fourth-order valence-electron chi connectivity index (χ4n) is 2.48. The van der Waals surface area contributed by atoms with Gasteiger partial charge in [-0.25, -0.2) is 0 Å². The van der Waals surface area contributed by atoms with E-state index in [4.69, 9.17) is 20.8 Å². The molecule has 26 heavy (non-hydrogen) atoms. The van der Waals surface area contributed by atoms with E-state index in [9.17, 15) is 13.6 Å². The van der Waals surface area contributed by atoms with Crippen LogP contribution in [-0.2, 0) is 11.2 Å². The molecule has 0 bridgehead atoms. The lowest BCUT2D eigenvalue weighted by atomic mass is 10.1. The minimum absolute atomic E-state index is 0.0241. The predicted octanol–water partition coefficient (Wildman–Crippen LogP) is 4.88. The molecule has 0 atom stereocenters. The van der Waals surface area contributed by atoms with Crippen LogP contribution in [0.5, 0.6) is 11.5 Å². The van der Waals surface area contributed by atoms with Crippen LogP contribution in [0.15, 0.2) is 47.1 Å². The molecule has 1 heterocycles. The molecule has 1 N–H and O–H groups in total. The average Bonchev–Trinajstić information content (AvgIpc) is 2.99. The quantitative estimate of drug-likeness (QED) is 0.661. The van der Waals surface area contributed by atoms with Gasteiger partial charge < -0.3 is 19.2 Å². The van der Waals surface area contributed by atoms with Crippen molar-refractivity contribution in [2.75, 3.05) is 12.4 Å². The summed E-state index contributed by atoms with van der Waals surface area (Å²) in [6.45, 7) is -2.97. The van der Waals surface area contributed by atoms with Gasteiger partial charge in [0.15, 0.2) is 0 Å². The smallest absolute Gasteiger partial charge is 0.387 e. The number of rotatable bonds is 6. The van der Waals surface area contributed by atoms with Crippen molar-refractivity contribution < 1.29 is 27.5 Å². The third kappa shape index (κ3) is 4.05. The number of ether oxygens (including phenoxy) is 2. The number of hydrogen-bond donors (Lipinski definition) is 1. The van der Waals surface area contributed by atoms with E-state index in [1.165, 1.54) is 24.5 Å². The maximum atomic E-state index is 12.2. The second-order valence-corrected chi connectivity index (χ2v) is 5.78. The van der Waals surface area contributed by atoms with E-state index in [0.29, 0.717) is 22.6 Å². The van der Waals surface area contributed by atoms with Crippen molar-refractivity contribution >= 4 is 34.2 Å². The second kappa shape index (κ2) is 7.61. The van der Waals surface area contributed by atoms with Gasteiger partial charge in [0.25, 0.3) is 0 Å². The molecule has 0 unspecified atom stereocenters. The lowest BCUT2D eigenvalue weighted by Gasteiger charge is -2.09. The second-order valence-electron chi connectivity index (χ2n) is 5.37. The summed E-state index contributed by atoms with van der Waals surface area (Å²) >= 11 is 5.87. The highest BCUT2D eigenvalue weighted by Crippen LogP contribution is 2.29. The Hall–Kier alpha value is -2.80. The predicted molar refractivity (Wildman–Crippen MR) is 93.2 cm³/mol. The number of carbonyl (C=O) groups is 1. The molecule has 0 saturated carbocycles. The minimum Gasteiger partial charge on any atom is -0.497 e. The Morgan fingerprint density at radius 1 is 1.27 bits per heavy atom. The van der Waals surface area contributed by atoms with Gasteiger partial charge in [-0.2, -0.15) is 8.78 Å². The number of nitrogens with one attached hydrogen (secondary N) is 1. The number of methoxy groups -OCH3 is 1. The summed E-state index contributed by atoms with van der Waals surface area (Å²) < 4.78 is 39.3. The molecule has 0 radical (unpaired) electrons. The normalized spacial score (nSPS) is 11.0. The van der Waals surface area contributed by atoms with Crippen molar-refractivity contribution in [2.45, 2.75) is 13.0 Å². The van der Waals surface area contributed by atoms with Crippen LogP contribution in [0.2, 0.25) is 5.02 Å². The lowest BCUT2D eigenvalue weighted by Crippen LogP contribution is -2.14. The summed E-state index contributed by atoms with van der Waals surface area (Å²) in [7, 11) is 1.56. The summed E-state index contributed by atoms with van der Waals surface area (Å²) in [5.74, 6) is 0.195. The van der Waals surface area contributed by atoms with Crippen LogP contribution in [0.1, 0.15) is 5.56 Å². The highest BCUT2D eigenvalue weighted by molar-refractivity contribution is 6.32. The largest absolute Gasteiger partial charge is 0.497 e. The number of anilines is 1. The number of fused-ring (bicyclic) bond motifs is 1. The van der Waals surface area contributed by atoms with Gasteiger partial charge in [0.05, 0.1) is 24.8 Å². The Kier molecular flexibility index (Phi) is 5.27. The summed E-state index contributed by atoms with van der Waals surface area (Å²) in [6.07, 6.45) is 1.59. The van der Waals surface area contributed by atoms with Crippen molar-refractivity contribution in [3.05, 3.63) is 53.2 Å². The molecule has 1 aromatic heterocycles. The zero-order valence-electron chi connectivity index (χ0n) is 13.6. The third-order valence-corrected chi connectivity index (χ3v) is 3.94. The maximum Gasteiger partial charge on any atom is 0.387 e. The number of benzene rings is 2. The molecule has 8 heteroatoms. The van der Waals surface area contributed by atoms with Gasteiger partial charge in [-0.15, -0.1) is 0 Å². The number of carbonyl (C=O) groups excluding carboxylic acids is 1. The van der Waals surface area contributed by atoms with E-state index in [-0.39, 0.29) is 23.1 Å². The first-order valence-corrected chi connectivity index (χ1v) is 7.92. The van der Waals surface area contributed by atoms with Crippen molar-refractivity contribution in [3.8, 4) is 11.5 Å². The first-order valence-electron chi connectivity index (χ1n) is 7.54. The first-order chi connectivity index (χ1) is 12.5. The summed E-state index contributed by atoms with van der Waals surface area (Å²) in [4.78, 5) is 12.2. The fraction of sp³-hybridized carbons (Fsp3) is 0.167. The molecule has 136 valence electrons. The monoisotopic (exact) mass is 381 g/mol. The van der Waals surface area contributed by atoms with Crippen LogP contribution in [0.3, 0.4) is 0 Å². The third-order valence-electron chi connectivity index (χ3n) is 3.65. The van der Waals surface area contributed by atoms with Gasteiger partial charge in [0, 0.05) is 22.7 Å². The van der Waals surface area contributed by atoms with Gasteiger partial charge in [0.1, 0.15) is 17.1 Å². The summed E-state index contributed by atoms with van der Waals surface area (Å²) in [5.41, 5.74) is 1.70. The van der Waals surface area contributed by atoms with Crippen LogP contribution in [-0.4, -0.2) is 19.6 Å². The van der Waals surface area contributed by atoms with E-state index in [1.807, 2.05) is 6.07 Å². The Bertz CT molecular complexity index is 942. The molecule has 2 aromatic carbocycles. The van der Waals surface area contributed by atoms with Crippen LogP contribution >= 0.6 is 11.6 Å². The topological polar surface area (TPSA) is 60.7 Å². The Morgan fingerprint density at radius 2 is 2.08 bits per heavy atom. The molecule has 3 rings (SSSR count). The van der Waals surface area contributed by atoms with Crippen LogP contribution in [0, 0.1) is 0 Å². The van der Waals surface area contributed by atoms with E-state index >= 15 is 0 Å². The first kappa shape index (κ1) is 18.0. The SMILES string of the molecule is COc1ccc2c(CC(=O)Nc3ccc(OC(F)F)c(Cl)c3)coc2c1. The molecule has 1 amide bonds. The fourth-order valence-corrected chi connectivity index (χ4v) is 2.70. The Labute approximate surface area is 152 Å². The molecular formula is C18H14ClF2NO4. The number of alkyl halides is 2. The molecular weight excluding hydrogens is 368 g/mol. The Morgan fingerprint density at radius 3 is 2.77 bits per heavy atom. The van der Waals surface area contributed by atoms with Gasteiger partial charge in [-0.3, -0.25) is 4.79 Å². The van der Waals surface area contributed by atoms with Crippen molar-refractivity contribution in [1.82, 2.24) is 0 Å². The summed E-state index contributed by atoms with van der Waals surface area (Å²) in [6, 6.07) is 9.37. The molecule has 0 aliphatic carbocycles. The van der Waals surface area contributed by atoms with Gasteiger partial charge >= 0.3 is 6.61 Å².